The van der Waals surface area contributed by atoms with Gasteiger partial charge in [-0.15, -0.1) is 0 Å². The maximum Gasteiger partial charge on any atom is 0.225 e. The van der Waals surface area contributed by atoms with Gasteiger partial charge in [0.25, 0.3) is 0 Å². The van der Waals surface area contributed by atoms with Crippen molar-refractivity contribution >= 4 is 5.91 Å². The van der Waals surface area contributed by atoms with Crippen LogP contribution in [0.4, 0.5) is 0 Å². The first-order valence-electron chi connectivity index (χ1n) is 7.81. The van der Waals surface area contributed by atoms with Crippen LogP contribution in [0.5, 0.6) is 0 Å². The van der Waals surface area contributed by atoms with Crippen LogP contribution in [-0.4, -0.2) is 30.3 Å². The van der Waals surface area contributed by atoms with Crippen molar-refractivity contribution < 1.29 is 14.1 Å². The van der Waals surface area contributed by atoms with Gasteiger partial charge in [0, 0.05) is 18.7 Å². The van der Waals surface area contributed by atoms with E-state index in [-0.39, 0.29) is 17.9 Å². The Morgan fingerprint density at radius 2 is 2.19 bits per heavy atom. The Hall–Kier alpha value is -1.36. The molecule has 2 atom stereocenters. The predicted molar refractivity (Wildman–Crippen MR) is 80.0 cm³/mol. The zero-order valence-corrected chi connectivity index (χ0v) is 13.4. The van der Waals surface area contributed by atoms with Crippen molar-refractivity contribution in [2.24, 2.45) is 11.8 Å². The predicted octanol–water partition coefficient (Wildman–Crippen LogP) is 2.40. The molecule has 1 aliphatic rings. The van der Waals surface area contributed by atoms with Crippen molar-refractivity contribution in [2.75, 3.05) is 13.2 Å². The van der Waals surface area contributed by atoms with Crippen LogP contribution in [0, 0.1) is 25.7 Å². The van der Waals surface area contributed by atoms with Crippen molar-refractivity contribution in [1.82, 2.24) is 10.5 Å². The molecule has 2 heterocycles. The average Bonchev–Trinajstić information content (AvgIpc) is 2.78. The molecule has 5 heteroatoms. The molecule has 0 aromatic carbocycles. The number of aryl methyl sites for hydroxylation is 2. The number of nitrogens with zero attached hydrogens (tertiary/aromatic N) is 1. The Balaban J connectivity index is 1.86. The first-order chi connectivity index (χ1) is 10.0. The molecule has 5 nitrogen and oxygen atoms in total. The molecule has 0 unspecified atom stereocenters. The molecule has 1 amide bonds. The van der Waals surface area contributed by atoms with Crippen molar-refractivity contribution in [3.8, 4) is 0 Å². The van der Waals surface area contributed by atoms with Gasteiger partial charge in [-0.25, -0.2) is 0 Å². The Morgan fingerprint density at radius 1 is 1.43 bits per heavy atom. The van der Waals surface area contributed by atoms with Crippen LogP contribution in [0.15, 0.2) is 4.52 Å². The van der Waals surface area contributed by atoms with Crippen LogP contribution < -0.4 is 5.32 Å². The third kappa shape index (κ3) is 3.84. The zero-order chi connectivity index (χ0) is 15.4. The van der Waals surface area contributed by atoms with Gasteiger partial charge in [0.2, 0.25) is 5.91 Å². The highest BCUT2D eigenvalue weighted by Gasteiger charge is 2.33. The van der Waals surface area contributed by atoms with Crippen molar-refractivity contribution in [1.29, 1.82) is 0 Å². The van der Waals surface area contributed by atoms with Gasteiger partial charge < -0.3 is 14.6 Å². The molecule has 1 fully saturated rings. The molecule has 118 valence electrons. The van der Waals surface area contributed by atoms with E-state index in [9.17, 15) is 4.79 Å². The standard InChI is InChI=1S/C16H26N2O3/c1-10(2)15-14(6-5-9-20-15)16(19)17-8-7-13-11(3)18-21-12(13)4/h10,14-15H,5-9H2,1-4H3,(H,17,19)/t14-,15-/m0/s1. The van der Waals surface area contributed by atoms with E-state index in [2.05, 4.69) is 24.3 Å². The van der Waals surface area contributed by atoms with E-state index < -0.39 is 0 Å². The van der Waals surface area contributed by atoms with E-state index in [0.717, 1.165) is 42.9 Å². The summed E-state index contributed by atoms with van der Waals surface area (Å²) in [4.78, 5) is 12.4. The monoisotopic (exact) mass is 294 g/mol. The molecule has 0 saturated carbocycles. The second-order valence-corrected chi connectivity index (χ2v) is 6.17. The zero-order valence-electron chi connectivity index (χ0n) is 13.4. The first-order valence-corrected chi connectivity index (χ1v) is 7.81. The number of aromatic nitrogens is 1. The van der Waals surface area contributed by atoms with E-state index in [0.29, 0.717) is 12.5 Å². The van der Waals surface area contributed by atoms with E-state index in [1.165, 1.54) is 0 Å². The lowest BCUT2D eigenvalue weighted by molar-refractivity contribution is -0.137. The molecule has 0 aliphatic carbocycles. The van der Waals surface area contributed by atoms with Gasteiger partial charge in [-0.1, -0.05) is 19.0 Å². The Bertz CT molecular complexity index is 462. The highest BCUT2D eigenvalue weighted by Crippen LogP contribution is 2.26. The lowest BCUT2D eigenvalue weighted by Gasteiger charge is -2.33. The molecule has 0 bridgehead atoms. The third-order valence-corrected chi connectivity index (χ3v) is 4.22. The number of hydrogen-bond acceptors (Lipinski definition) is 4. The fourth-order valence-corrected chi connectivity index (χ4v) is 3.04. The Labute approximate surface area is 126 Å². The molecule has 21 heavy (non-hydrogen) atoms. The van der Waals surface area contributed by atoms with Crippen LogP contribution in [0.1, 0.15) is 43.7 Å². The average molecular weight is 294 g/mol. The van der Waals surface area contributed by atoms with Crippen molar-refractivity contribution in [3.05, 3.63) is 17.0 Å². The number of rotatable bonds is 5. The lowest BCUT2D eigenvalue weighted by Crippen LogP contribution is -2.44. The Kier molecular flexibility index (Phi) is 5.39. The molecule has 1 aliphatic heterocycles. The Morgan fingerprint density at radius 3 is 2.81 bits per heavy atom. The van der Waals surface area contributed by atoms with Crippen LogP contribution in [0.2, 0.25) is 0 Å². The summed E-state index contributed by atoms with van der Waals surface area (Å²) in [6.07, 6.45) is 2.68. The number of hydrogen-bond donors (Lipinski definition) is 1. The quantitative estimate of drug-likeness (QED) is 0.905. The largest absolute Gasteiger partial charge is 0.377 e. The lowest BCUT2D eigenvalue weighted by atomic mass is 9.87. The topological polar surface area (TPSA) is 64.4 Å². The third-order valence-electron chi connectivity index (χ3n) is 4.22. The second-order valence-electron chi connectivity index (χ2n) is 6.17. The molecule has 0 radical (unpaired) electrons. The molecule has 1 aromatic rings. The van der Waals surface area contributed by atoms with Crippen molar-refractivity contribution in [2.45, 2.75) is 53.1 Å². The normalized spacial score (nSPS) is 22.5. The minimum Gasteiger partial charge on any atom is -0.377 e. The van der Waals surface area contributed by atoms with Crippen LogP contribution in [-0.2, 0) is 16.0 Å². The van der Waals surface area contributed by atoms with E-state index in [1.807, 2.05) is 13.8 Å². The van der Waals surface area contributed by atoms with Gasteiger partial charge >= 0.3 is 0 Å². The molecule has 1 saturated heterocycles. The van der Waals surface area contributed by atoms with Gasteiger partial charge in [-0.05, 0) is 39.0 Å². The summed E-state index contributed by atoms with van der Waals surface area (Å²) in [7, 11) is 0. The van der Waals surface area contributed by atoms with Crippen LogP contribution >= 0.6 is 0 Å². The fourth-order valence-electron chi connectivity index (χ4n) is 3.04. The van der Waals surface area contributed by atoms with Crippen molar-refractivity contribution in [3.63, 3.8) is 0 Å². The smallest absolute Gasteiger partial charge is 0.225 e. The van der Waals surface area contributed by atoms with E-state index in [1.54, 1.807) is 0 Å². The van der Waals surface area contributed by atoms with Gasteiger partial charge in [0.05, 0.1) is 17.7 Å². The minimum absolute atomic E-state index is 0.0246. The molecular weight excluding hydrogens is 268 g/mol. The van der Waals surface area contributed by atoms with Crippen LogP contribution in [0.3, 0.4) is 0 Å². The number of carbonyl (C=O) groups excluding carboxylic acids is 1. The SMILES string of the molecule is Cc1noc(C)c1CCNC(=O)[C@H]1CCCO[C@H]1C(C)C. The summed E-state index contributed by atoms with van der Waals surface area (Å²) >= 11 is 0. The number of nitrogens with one attached hydrogen (secondary N) is 1. The fraction of sp³-hybridized carbons (Fsp3) is 0.750. The minimum atomic E-state index is -0.0246. The number of amides is 1. The highest BCUT2D eigenvalue weighted by atomic mass is 16.5. The van der Waals surface area contributed by atoms with Crippen LogP contribution in [0.25, 0.3) is 0 Å². The van der Waals surface area contributed by atoms with Gasteiger partial charge in [-0.2, -0.15) is 0 Å². The summed E-state index contributed by atoms with van der Waals surface area (Å²) in [6, 6.07) is 0. The molecule has 1 aromatic heterocycles. The summed E-state index contributed by atoms with van der Waals surface area (Å²) in [5, 5.41) is 6.97. The number of carbonyl (C=O) groups is 1. The summed E-state index contributed by atoms with van der Waals surface area (Å²) in [5.74, 6) is 1.29. The number of ether oxygens (including phenoxy) is 1. The summed E-state index contributed by atoms with van der Waals surface area (Å²) in [5.41, 5.74) is 2.00. The van der Waals surface area contributed by atoms with Gasteiger partial charge in [0.1, 0.15) is 5.76 Å². The summed E-state index contributed by atoms with van der Waals surface area (Å²) in [6.45, 7) is 9.44. The first kappa shape index (κ1) is 16.0. The van der Waals surface area contributed by atoms with E-state index in [4.69, 9.17) is 9.26 Å². The maximum atomic E-state index is 12.4. The molecular formula is C16H26N2O3. The van der Waals surface area contributed by atoms with Gasteiger partial charge in [-0.3, -0.25) is 4.79 Å². The highest BCUT2D eigenvalue weighted by molar-refractivity contribution is 5.79. The summed E-state index contributed by atoms with van der Waals surface area (Å²) < 4.78 is 10.9. The molecule has 1 N–H and O–H groups in total. The second kappa shape index (κ2) is 7.07. The molecule has 2 rings (SSSR count). The maximum absolute atomic E-state index is 12.4. The van der Waals surface area contributed by atoms with E-state index >= 15 is 0 Å². The molecule has 0 spiro atoms. The van der Waals surface area contributed by atoms with Gasteiger partial charge in [0.15, 0.2) is 0 Å².